The van der Waals surface area contributed by atoms with Crippen LogP contribution in [0.2, 0.25) is 0 Å². The predicted octanol–water partition coefficient (Wildman–Crippen LogP) is 7.39. The Morgan fingerprint density at radius 3 is 2.21 bits per heavy atom. The first-order chi connectivity index (χ1) is 18.7. The summed E-state index contributed by atoms with van der Waals surface area (Å²) in [6, 6.07) is 27.5. The van der Waals surface area contributed by atoms with Crippen LogP contribution in [-0.2, 0) is 11.2 Å². The van der Waals surface area contributed by atoms with E-state index in [-0.39, 0.29) is 18.8 Å². The molecule has 0 fully saturated rings. The summed E-state index contributed by atoms with van der Waals surface area (Å²) < 4.78 is 11.5. The lowest BCUT2D eigenvalue weighted by Gasteiger charge is -2.18. The summed E-state index contributed by atoms with van der Waals surface area (Å²) >= 11 is 0. The lowest BCUT2D eigenvalue weighted by molar-refractivity contribution is -0.148. The minimum absolute atomic E-state index is 0.0241. The van der Waals surface area contributed by atoms with Crippen molar-refractivity contribution in [3.8, 4) is 28.1 Å². The van der Waals surface area contributed by atoms with Gasteiger partial charge in [0.25, 0.3) is 0 Å². The molecule has 6 heteroatoms. The van der Waals surface area contributed by atoms with Crippen LogP contribution in [0, 0.1) is 12.3 Å². The van der Waals surface area contributed by atoms with Gasteiger partial charge >= 0.3 is 5.97 Å². The topological polar surface area (TPSA) is 89.6 Å². The molecule has 0 saturated carbocycles. The van der Waals surface area contributed by atoms with E-state index in [1.807, 2.05) is 67.6 Å². The Morgan fingerprint density at radius 1 is 0.872 bits per heavy atom. The number of aliphatic carboxylic acids is 1. The van der Waals surface area contributed by atoms with Gasteiger partial charge in [-0.2, -0.15) is 0 Å². The standard InChI is InChI=1S/C33H29NO5/c1-21-27-18-25(23-7-5-4-6-8-23)13-15-29(27)39-31(21)28(35)17-22-9-11-24(12-10-22)26-14-16-30(34-19-26)38-20-33(2,3)32(36)37/h4-16,18-19H,17,20H2,1-3H3,(H,36,37). The number of aromatic nitrogens is 1. The second-order valence-corrected chi connectivity index (χ2v) is 10.3. The summed E-state index contributed by atoms with van der Waals surface area (Å²) in [5.74, 6) is -0.229. The number of carbonyl (C=O) groups excluding carboxylic acids is 1. The number of hydrogen-bond acceptors (Lipinski definition) is 5. The van der Waals surface area contributed by atoms with E-state index in [1.165, 1.54) is 0 Å². The maximum Gasteiger partial charge on any atom is 0.312 e. The summed E-state index contributed by atoms with van der Waals surface area (Å²) in [6.45, 7) is 5.16. The van der Waals surface area contributed by atoms with Crippen molar-refractivity contribution in [2.45, 2.75) is 27.2 Å². The average molecular weight is 520 g/mol. The summed E-state index contributed by atoms with van der Waals surface area (Å²) in [4.78, 5) is 28.7. The fourth-order valence-corrected chi connectivity index (χ4v) is 4.33. The number of ketones is 1. The molecule has 0 unspecified atom stereocenters. The van der Waals surface area contributed by atoms with Gasteiger partial charge in [-0.3, -0.25) is 9.59 Å². The first-order valence-corrected chi connectivity index (χ1v) is 12.7. The number of carbonyl (C=O) groups is 2. The molecule has 2 aromatic heterocycles. The fraction of sp³-hybridized carbons (Fsp3) is 0.182. The second kappa shape index (κ2) is 10.6. The summed E-state index contributed by atoms with van der Waals surface area (Å²) in [7, 11) is 0. The van der Waals surface area contributed by atoms with Gasteiger partial charge in [0.15, 0.2) is 5.76 Å². The van der Waals surface area contributed by atoms with Crippen LogP contribution in [0.5, 0.6) is 5.88 Å². The largest absolute Gasteiger partial charge is 0.481 e. The highest BCUT2D eigenvalue weighted by Crippen LogP contribution is 2.31. The molecule has 5 rings (SSSR count). The number of pyridine rings is 1. The highest BCUT2D eigenvalue weighted by atomic mass is 16.5. The monoisotopic (exact) mass is 519 g/mol. The van der Waals surface area contributed by atoms with E-state index in [4.69, 9.17) is 9.15 Å². The van der Waals surface area contributed by atoms with Gasteiger partial charge in [0.1, 0.15) is 12.2 Å². The predicted molar refractivity (Wildman–Crippen MR) is 151 cm³/mol. The maximum atomic E-state index is 13.2. The average Bonchev–Trinajstić information content (AvgIpc) is 3.29. The zero-order valence-corrected chi connectivity index (χ0v) is 22.1. The molecule has 0 atom stereocenters. The van der Waals surface area contributed by atoms with Gasteiger partial charge < -0.3 is 14.3 Å². The normalized spacial score (nSPS) is 11.5. The molecule has 1 N–H and O–H groups in total. The Balaban J connectivity index is 1.27. The molecule has 0 aliphatic heterocycles. The molecule has 39 heavy (non-hydrogen) atoms. The first-order valence-electron chi connectivity index (χ1n) is 12.7. The number of hydrogen-bond donors (Lipinski definition) is 1. The minimum atomic E-state index is -1.00. The number of benzene rings is 3. The van der Waals surface area contributed by atoms with Crippen molar-refractivity contribution in [2.75, 3.05) is 6.61 Å². The van der Waals surface area contributed by atoms with Crippen molar-refractivity contribution in [1.82, 2.24) is 4.98 Å². The third kappa shape index (κ3) is 5.60. The summed E-state index contributed by atoms with van der Waals surface area (Å²) in [6.07, 6.45) is 1.92. The number of ether oxygens (including phenoxy) is 1. The molecular weight excluding hydrogens is 490 g/mol. The molecule has 0 aliphatic rings. The Hall–Kier alpha value is -4.71. The lowest BCUT2D eigenvalue weighted by Crippen LogP contribution is -2.30. The van der Waals surface area contributed by atoms with Gasteiger partial charge in [0.05, 0.1) is 5.41 Å². The number of aryl methyl sites for hydroxylation is 1. The Kier molecular flexibility index (Phi) is 7.03. The van der Waals surface area contributed by atoms with Crippen LogP contribution in [0.25, 0.3) is 33.2 Å². The molecule has 3 aromatic carbocycles. The van der Waals surface area contributed by atoms with Crippen molar-refractivity contribution >= 4 is 22.7 Å². The van der Waals surface area contributed by atoms with E-state index >= 15 is 0 Å². The molecular formula is C33H29NO5. The number of nitrogens with zero attached hydrogens (tertiary/aromatic N) is 1. The molecule has 196 valence electrons. The Labute approximate surface area is 226 Å². The zero-order chi connectivity index (χ0) is 27.6. The number of fused-ring (bicyclic) bond motifs is 1. The SMILES string of the molecule is Cc1c(C(=O)Cc2ccc(-c3ccc(OCC(C)(C)C(=O)O)nc3)cc2)oc2ccc(-c3ccccc3)cc12. The highest BCUT2D eigenvalue weighted by molar-refractivity contribution is 6.02. The lowest BCUT2D eigenvalue weighted by atomic mass is 9.95. The molecule has 0 bridgehead atoms. The zero-order valence-electron chi connectivity index (χ0n) is 22.1. The Bertz CT molecular complexity index is 1630. The van der Waals surface area contributed by atoms with E-state index in [2.05, 4.69) is 23.2 Å². The van der Waals surface area contributed by atoms with Crippen molar-refractivity contribution in [1.29, 1.82) is 0 Å². The number of carboxylic acid groups (broad SMARTS) is 1. The maximum absolute atomic E-state index is 13.2. The van der Waals surface area contributed by atoms with Crippen LogP contribution in [0.3, 0.4) is 0 Å². The van der Waals surface area contributed by atoms with Crippen LogP contribution in [0.15, 0.2) is 95.5 Å². The highest BCUT2D eigenvalue weighted by Gasteiger charge is 2.28. The van der Waals surface area contributed by atoms with Crippen molar-refractivity contribution in [3.63, 3.8) is 0 Å². The number of rotatable bonds is 9. The second-order valence-electron chi connectivity index (χ2n) is 10.3. The van der Waals surface area contributed by atoms with Gasteiger partial charge in [-0.15, -0.1) is 0 Å². The number of furan rings is 1. The first kappa shape index (κ1) is 25.9. The number of carboxylic acids is 1. The quantitative estimate of drug-likeness (QED) is 0.204. The van der Waals surface area contributed by atoms with Gasteiger partial charge in [-0.1, -0.05) is 60.7 Å². The van der Waals surface area contributed by atoms with Crippen molar-refractivity contribution < 1.29 is 23.8 Å². The van der Waals surface area contributed by atoms with Gasteiger partial charge in [0.2, 0.25) is 11.7 Å². The molecule has 2 heterocycles. The molecule has 6 nitrogen and oxygen atoms in total. The van der Waals surface area contributed by atoms with Crippen molar-refractivity contribution in [2.24, 2.45) is 5.41 Å². The molecule has 0 spiro atoms. The van der Waals surface area contributed by atoms with E-state index in [9.17, 15) is 14.7 Å². The molecule has 0 aliphatic carbocycles. The summed E-state index contributed by atoms with van der Waals surface area (Å²) in [5.41, 5.74) is 5.48. The van der Waals surface area contributed by atoms with Crippen molar-refractivity contribution in [3.05, 3.63) is 108 Å². The van der Waals surface area contributed by atoms with E-state index < -0.39 is 11.4 Å². The molecule has 5 aromatic rings. The van der Waals surface area contributed by atoms with E-state index in [0.717, 1.165) is 38.8 Å². The fourth-order valence-electron chi connectivity index (χ4n) is 4.33. The van der Waals surface area contributed by atoms with Gasteiger partial charge in [-0.05, 0) is 61.2 Å². The van der Waals surface area contributed by atoms with E-state index in [0.29, 0.717) is 17.2 Å². The van der Waals surface area contributed by atoms with Crippen LogP contribution < -0.4 is 4.74 Å². The smallest absolute Gasteiger partial charge is 0.312 e. The van der Waals surface area contributed by atoms with Crippen LogP contribution in [0.4, 0.5) is 0 Å². The summed E-state index contributed by atoms with van der Waals surface area (Å²) in [5, 5.41) is 10.2. The third-order valence-electron chi connectivity index (χ3n) is 6.84. The van der Waals surface area contributed by atoms with Crippen LogP contribution in [-0.4, -0.2) is 28.4 Å². The van der Waals surface area contributed by atoms with Crippen LogP contribution in [0.1, 0.15) is 35.5 Å². The van der Waals surface area contributed by atoms with Gasteiger partial charge in [-0.25, -0.2) is 4.98 Å². The van der Waals surface area contributed by atoms with Crippen LogP contribution >= 0.6 is 0 Å². The molecule has 0 radical (unpaired) electrons. The van der Waals surface area contributed by atoms with Gasteiger partial charge in [0, 0.05) is 35.2 Å². The minimum Gasteiger partial charge on any atom is -0.481 e. The molecule has 0 saturated heterocycles. The third-order valence-corrected chi connectivity index (χ3v) is 6.84. The van der Waals surface area contributed by atoms with E-state index in [1.54, 1.807) is 26.1 Å². The number of Topliss-reactive ketones (excluding diaryl/α,β-unsaturated/α-hetero) is 1. The Morgan fingerprint density at radius 2 is 1.54 bits per heavy atom. The molecule has 0 amide bonds.